The van der Waals surface area contributed by atoms with E-state index in [2.05, 4.69) is 36.7 Å². The lowest BCUT2D eigenvalue weighted by Crippen LogP contribution is -2.03. The molecular weight excluding hydrogens is 182 g/mol. The Hall–Kier alpha value is -1.63. The lowest BCUT2D eigenvalue weighted by molar-refractivity contribution is 1.07. The fourth-order valence-electron chi connectivity index (χ4n) is 1.66. The molecule has 0 unspecified atom stereocenters. The lowest BCUT2D eigenvalue weighted by atomic mass is 10.0. The van der Waals surface area contributed by atoms with Crippen molar-refractivity contribution < 1.29 is 0 Å². The molecule has 0 saturated heterocycles. The average molecular weight is 197 g/mol. The zero-order valence-electron chi connectivity index (χ0n) is 9.03. The van der Waals surface area contributed by atoms with Gasteiger partial charge in [-0.15, -0.1) is 0 Å². The smallest absolute Gasteiger partial charge is 0.0662 e. The van der Waals surface area contributed by atoms with E-state index in [-0.39, 0.29) is 0 Å². The molecule has 1 nitrogen and oxygen atoms in total. The second kappa shape index (κ2) is 4.26. The molecule has 15 heavy (non-hydrogen) atoms. The van der Waals surface area contributed by atoms with Crippen LogP contribution >= 0.6 is 0 Å². The summed E-state index contributed by atoms with van der Waals surface area (Å²) in [7, 11) is 0. The van der Waals surface area contributed by atoms with E-state index < -0.39 is 0 Å². The lowest BCUT2D eigenvalue weighted by Gasteiger charge is -2.10. The van der Waals surface area contributed by atoms with Gasteiger partial charge in [-0.1, -0.05) is 36.9 Å². The van der Waals surface area contributed by atoms with Crippen molar-refractivity contribution in [1.82, 2.24) is 0 Å². The Balaban J connectivity index is 2.34. The van der Waals surface area contributed by atoms with Crippen molar-refractivity contribution in [3.63, 3.8) is 0 Å². The molecule has 0 saturated carbocycles. The van der Waals surface area contributed by atoms with Crippen molar-refractivity contribution in [2.45, 2.75) is 19.8 Å². The predicted molar refractivity (Wildman–Crippen MR) is 65.8 cm³/mol. The van der Waals surface area contributed by atoms with Crippen molar-refractivity contribution in [2.24, 2.45) is 4.99 Å². The first-order chi connectivity index (χ1) is 7.27. The minimum Gasteiger partial charge on any atom is -0.253 e. The summed E-state index contributed by atoms with van der Waals surface area (Å²) in [4.78, 5) is 4.66. The van der Waals surface area contributed by atoms with Crippen molar-refractivity contribution in [3.8, 4) is 0 Å². The van der Waals surface area contributed by atoms with E-state index in [0.29, 0.717) is 0 Å². The van der Waals surface area contributed by atoms with E-state index in [4.69, 9.17) is 0 Å². The first-order valence-corrected chi connectivity index (χ1v) is 5.26. The monoisotopic (exact) mass is 197 g/mol. The Bertz CT molecular complexity index is 438. The minimum atomic E-state index is 1.00. The van der Waals surface area contributed by atoms with Crippen LogP contribution in [0, 0.1) is 6.92 Å². The molecule has 76 valence electrons. The van der Waals surface area contributed by atoms with Gasteiger partial charge in [-0.25, -0.2) is 0 Å². The maximum atomic E-state index is 4.66. The Morgan fingerprint density at radius 1 is 1.27 bits per heavy atom. The molecule has 0 aromatic heterocycles. The van der Waals surface area contributed by atoms with Gasteiger partial charge in [0.05, 0.1) is 5.69 Å². The van der Waals surface area contributed by atoms with Gasteiger partial charge in [0.15, 0.2) is 0 Å². The molecular formula is C14H15N. The van der Waals surface area contributed by atoms with Gasteiger partial charge in [0.25, 0.3) is 0 Å². The first kappa shape index (κ1) is 9.91. The molecule has 0 spiro atoms. The highest BCUT2D eigenvalue weighted by Crippen LogP contribution is 2.21. The summed E-state index contributed by atoms with van der Waals surface area (Å²) in [5.41, 5.74) is 4.44. The van der Waals surface area contributed by atoms with Crippen LogP contribution < -0.4 is 0 Å². The van der Waals surface area contributed by atoms with Gasteiger partial charge in [-0.05, 0) is 37.0 Å². The number of hydrogen-bond donors (Lipinski definition) is 0. The van der Waals surface area contributed by atoms with Gasteiger partial charge in [0, 0.05) is 5.71 Å². The average Bonchev–Trinajstić information content (AvgIpc) is 2.24. The number of rotatable bonds is 1. The molecule has 1 aromatic rings. The zero-order chi connectivity index (χ0) is 10.7. The van der Waals surface area contributed by atoms with Crippen molar-refractivity contribution in [3.05, 3.63) is 54.1 Å². The van der Waals surface area contributed by atoms with E-state index in [1.165, 1.54) is 5.56 Å². The minimum absolute atomic E-state index is 1.00. The molecule has 1 aliphatic rings. The number of nitrogens with zero attached hydrogens (tertiary/aromatic N) is 1. The first-order valence-electron chi connectivity index (χ1n) is 5.26. The molecule has 1 aromatic carbocycles. The fourth-order valence-corrected chi connectivity index (χ4v) is 1.66. The van der Waals surface area contributed by atoms with E-state index in [0.717, 1.165) is 29.8 Å². The molecule has 0 N–H and O–H groups in total. The van der Waals surface area contributed by atoms with Gasteiger partial charge >= 0.3 is 0 Å². The maximum Gasteiger partial charge on any atom is 0.0662 e. The Kier molecular flexibility index (Phi) is 2.82. The SMILES string of the molecule is C=C1C=CCC/C1=N/c1ccccc1C. The molecule has 1 aliphatic carbocycles. The van der Waals surface area contributed by atoms with Crippen LogP contribution in [0.4, 0.5) is 5.69 Å². The van der Waals surface area contributed by atoms with Crippen LogP contribution in [-0.4, -0.2) is 5.71 Å². The van der Waals surface area contributed by atoms with Gasteiger partial charge in [0.1, 0.15) is 0 Å². The number of aryl methyl sites for hydroxylation is 1. The molecule has 0 bridgehead atoms. The summed E-state index contributed by atoms with van der Waals surface area (Å²) >= 11 is 0. The fraction of sp³-hybridized carbons (Fsp3) is 0.214. The summed E-state index contributed by atoms with van der Waals surface area (Å²) in [5.74, 6) is 0. The van der Waals surface area contributed by atoms with Crippen LogP contribution in [-0.2, 0) is 0 Å². The molecule has 0 heterocycles. The molecule has 0 aliphatic heterocycles. The second-order valence-corrected chi connectivity index (χ2v) is 3.81. The third-order valence-electron chi connectivity index (χ3n) is 2.61. The topological polar surface area (TPSA) is 12.4 Å². The van der Waals surface area contributed by atoms with E-state index in [1.54, 1.807) is 0 Å². The highest BCUT2D eigenvalue weighted by Gasteiger charge is 2.06. The van der Waals surface area contributed by atoms with E-state index in [1.807, 2.05) is 18.2 Å². The van der Waals surface area contributed by atoms with Crippen LogP contribution in [0.15, 0.2) is 53.6 Å². The molecule has 0 atom stereocenters. The normalized spacial score (nSPS) is 18.5. The molecule has 1 heteroatoms. The summed E-state index contributed by atoms with van der Waals surface area (Å²) < 4.78 is 0. The molecule has 0 radical (unpaired) electrons. The Morgan fingerprint density at radius 3 is 2.80 bits per heavy atom. The number of aliphatic imine (C=N–C) groups is 1. The number of para-hydroxylation sites is 1. The number of benzene rings is 1. The van der Waals surface area contributed by atoms with Crippen molar-refractivity contribution in [2.75, 3.05) is 0 Å². The van der Waals surface area contributed by atoms with Gasteiger partial charge in [-0.2, -0.15) is 0 Å². The Labute approximate surface area is 90.9 Å². The third-order valence-corrected chi connectivity index (χ3v) is 2.61. The van der Waals surface area contributed by atoms with Gasteiger partial charge < -0.3 is 0 Å². The third kappa shape index (κ3) is 2.24. The van der Waals surface area contributed by atoms with Crippen LogP contribution in [0.1, 0.15) is 18.4 Å². The summed E-state index contributed by atoms with van der Waals surface area (Å²) in [5, 5.41) is 0. The maximum absolute atomic E-state index is 4.66. The second-order valence-electron chi connectivity index (χ2n) is 3.81. The molecule has 0 fully saturated rings. The standard InChI is InChI=1S/C14H15N/c1-11-7-3-5-9-13(11)15-14-10-6-4-8-12(14)2/h3-4,6-8,10H,1,5,9H2,2H3/b15-13-. The predicted octanol–water partition coefficient (Wildman–Crippen LogP) is 3.97. The number of hydrogen-bond acceptors (Lipinski definition) is 1. The zero-order valence-corrected chi connectivity index (χ0v) is 9.03. The Morgan fingerprint density at radius 2 is 2.07 bits per heavy atom. The summed E-state index contributed by atoms with van der Waals surface area (Å²) in [6.45, 7) is 6.09. The van der Waals surface area contributed by atoms with E-state index >= 15 is 0 Å². The summed E-state index contributed by atoms with van der Waals surface area (Å²) in [6.07, 6.45) is 6.28. The van der Waals surface area contributed by atoms with Crippen LogP contribution in [0.25, 0.3) is 0 Å². The molecule has 2 rings (SSSR count). The van der Waals surface area contributed by atoms with Gasteiger partial charge in [-0.3, -0.25) is 4.99 Å². The van der Waals surface area contributed by atoms with Crippen molar-refractivity contribution >= 4 is 11.4 Å². The number of allylic oxidation sites excluding steroid dienone is 3. The van der Waals surface area contributed by atoms with Crippen molar-refractivity contribution in [1.29, 1.82) is 0 Å². The van der Waals surface area contributed by atoms with Crippen LogP contribution in [0.3, 0.4) is 0 Å². The van der Waals surface area contributed by atoms with Crippen LogP contribution in [0.5, 0.6) is 0 Å². The highest BCUT2D eigenvalue weighted by atomic mass is 14.8. The molecule has 0 amide bonds. The largest absolute Gasteiger partial charge is 0.253 e. The van der Waals surface area contributed by atoms with Crippen LogP contribution in [0.2, 0.25) is 0 Å². The van der Waals surface area contributed by atoms with Gasteiger partial charge in [0.2, 0.25) is 0 Å². The highest BCUT2D eigenvalue weighted by molar-refractivity contribution is 6.04. The summed E-state index contributed by atoms with van der Waals surface area (Å²) in [6, 6.07) is 8.19. The van der Waals surface area contributed by atoms with E-state index in [9.17, 15) is 0 Å². The quantitative estimate of drug-likeness (QED) is 0.646.